The number of benzene rings is 1. The van der Waals surface area contributed by atoms with Gasteiger partial charge in [-0.3, -0.25) is 9.69 Å². The SMILES string of the molecule is O=C(NC[C@H](O)CN1CCc2ccccc2C1)c1ccnc(NC2CCOCC2)c1. The van der Waals surface area contributed by atoms with Crippen molar-refractivity contribution < 1.29 is 14.6 Å². The van der Waals surface area contributed by atoms with Gasteiger partial charge in [-0.2, -0.15) is 0 Å². The van der Waals surface area contributed by atoms with Gasteiger partial charge in [-0.1, -0.05) is 24.3 Å². The van der Waals surface area contributed by atoms with Gasteiger partial charge in [-0.05, 0) is 42.5 Å². The standard InChI is InChI=1S/C23H30N4O3/c28-21(16-27-10-6-17-3-1-2-4-19(17)15-27)14-25-23(29)18-5-9-24-22(13-18)26-20-7-11-30-12-8-20/h1-5,9,13,20-21,28H,6-8,10-12,14-16H2,(H,24,26)(H,25,29)/t21-/m0/s1. The lowest BCUT2D eigenvalue weighted by Gasteiger charge is -2.30. The molecule has 2 aliphatic heterocycles. The number of rotatable bonds is 7. The van der Waals surface area contributed by atoms with Crippen molar-refractivity contribution in [3.8, 4) is 0 Å². The summed E-state index contributed by atoms with van der Waals surface area (Å²) in [6.07, 6.45) is 3.89. The number of amides is 1. The Kier molecular flexibility index (Phi) is 6.94. The number of ether oxygens (including phenoxy) is 1. The monoisotopic (exact) mass is 410 g/mol. The van der Waals surface area contributed by atoms with Crippen molar-refractivity contribution in [2.45, 2.75) is 38.0 Å². The summed E-state index contributed by atoms with van der Waals surface area (Å²) in [6, 6.07) is 12.2. The molecule has 7 nitrogen and oxygen atoms in total. The van der Waals surface area contributed by atoms with Crippen LogP contribution in [0.4, 0.5) is 5.82 Å². The second kappa shape index (κ2) is 10.0. The Bertz CT molecular complexity index is 854. The van der Waals surface area contributed by atoms with Crippen LogP contribution in [0.2, 0.25) is 0 Å². The molecule has 1 saturated heterocycles. The molecule has 7 heteroatoms. The Morgan fingerprint density at radius 3 is 2.87 bits per heavy atom. The van der Waals surface area contributed by atoms with Crippen LogP contribution in [0.15, 0.2) is 42.6 Å². The van der Waals surface area contributed by atoms with E-state index in [4.69, 9.17) is 4.74 Å². The Balaban J connectivity index is 1.24. The molecule has 30 heavy (non-hydrogen) atoms. The molecule has 0 unspecified atom stereocenters. The molecule has 1 aromatic heterocycles. The number of nitrogens with one attached hydrogen (secondary N) is 2. The van der Waals surface area contributed by atoms with Crippen LogP contribution in [0.3, 0.4) is 0 Å². The summed E-state index contributed by atoms with van der Waals surface area (Å²) in [5, 5.41) is 16.6. The number of anilines is 1. The van der Waals surface area contributed by atoms with Gasteiger partial charge in [-0.15, -0.1) is 0 Å². The molecule has 0 aliphatic carbocycles. The van der Waals surface area contributed by atoms with E-state index < -0.39 is 6.10 Å². The van der Waals surface area contributed by atoms with Gasteiger partial charge in [0.15, 0.2) is 0 Å². The minimum absolute atomic E-state index is 0.199. The van der Waals surface area contributed by atoms with Gasteiger partial charge in [0.1, 0.15) is 5.82 Å². The molecule has 1 fully saturated rings. The molecule has 0 spiro atoms. The average Bonchev–Trinajstić information content (AvgIpc) is 2.78. The van der Waals surface area contributed by atoms with Gasteiger partial charge in [-0.25, -0.2) is 4.98 Å². The van der Waals surface area contributed by atoms with E-state index in [-0.39, 0.29) is 12.5 Å². The van der Waals surface area contributed by atoms with Crippen molar-refractivity contribution in [3.05, 3.63) is 59.3 Å². The fourth-order valence-corrected chi connectivity index (χ4v) is 4.09. The zero-order chi connectivity index (χ0) is 20.8. The number of carbonyl (C=O) groups excluding carboxylic acids is 1. The third-order valence-electron chi connectivity index (χ3n) is 5.77. The number of nitrogens with zero attached hydrogens (tertiary/aromatic N) is 2. The number of aliphatic hydroxyl groups excluding tert-OH is 1. The lowest BCUT2D eigenvalue weighted by atomic mass is 10.00. The first kappa shape index (κ1) is 20.8. The van der Waals surface area contributed by atoms with Crippen LogP contribution >= 0.6 is 0 Å². The van der Waals surface area contributed by atoms with Crippen LogP contribution in [0.25, 0.3) is 0 Å². The Hall–Kier alpha value is -2.48. The molecule has 1 aromatic carbocycles. The molecule has 2 aromatic rings. The number of aromatic nitrogens is 1. The summed E-state index contributed by atoms with van der Waals surface area (Å²) < 4.78 is 5.37. The van der Waals surface area contributed by atoms with Gasteiger partial charge in [0.05, 0.1) is 6.10 Å². The molecular formula is C23H30N4O3. The van der Waals surface area contributed by atoms with E-state index in [0.717, 1.165) is 45.6 Å². The van der Waals surface area contributed by atoms with E-state index in [1.54, 1.807) is 18.3 Å². The smallest absolute Gasteiger partial charge is 0.251 e. The Morgan fingerprint density at radius 2 is 2.03 bits per heavy atom. The minimum atomic E-state index is -0.610. The molecule has 3 heterocycles. The van der Waals surface area contributed by atoms with E-state index in [0.29, 0.717) is 24.0 Å². The van der Waals surface area contributed by atoms with Crippen LogP contribution in [0.5, 0.6) is 0 Å². The molecule has 160 valence electrons. The van der Waals surface area contributed by atoms with Gasteiger partial charge in [0.25, 0.3) is 5.91 Å². The maximum atomic E-state index is 12.5. The summed E-state index contributed by atoms with van der Waals surface area (Å²) in [6.45, 7) is 4.03. The first-order chi connectivity index (χ1) is 14.7. The fraction of sp³-hybridized carbons (Fsp3) is 0.478. The maximum Gasteiger partial charge on any atom is 0.251 e. The molecule has 0 bridgehead atoms. The number of fused-ring (bicyclic) bond motifs is 1. The summed E-state index contributed by atoms with van der Waals surface area (Å²) in [7, 11) is 0. The molecular weight excluding hydrogens is 380 g/mol. The zero-order valence-corrected chi connectivity index (χ0v) is 17.2. The van der Waals surface area contributed by atoms with Crippen LogP contribution in [0.1, 0.15) is 34.3 Å². The third kappa shape index (κ3) is 5.56. The van der Waals surface area contributed by atoms with Crippen LogP contribution in [0, 0.1) is 0 Å². The van der Waals surface area contributed by atoms with Crippen molar-refractivity contribution >= 4 is 11.7 Å². The quantitative estimate of drug-likeness (QED) is 0.646. The highest BCUT2D eigenvalue weighted by Gasteiger charge is 2.19. The number of carbonyl (C=O) groups is 1. The van der Waals surface area contributed by atoms with Gasteiger partial charge in [0.2, 0.25) is 0 Å². The Morgan fingerprint density at radius 1 is 1.23 bits per heavy atom. The second-order valence-corrected chi connectivity index (χ2v) is 8.08. The number of β-amino-alcohol motifs (C(OH)–C–C–N with tert-alkyl or cyclic N) is 1. The van der Waals surface area contributed by atoms with Gasteiger partial charge < -0.3 is 20.5 Å². The van der Waals surface area contributed by atoms with E-state index in [1.807, 2.05) is 0 Å². The van der Waals surface area contributed by atoms with Gasteiger partial charge >= 0.3 is 0 Å². The van der Waals surface area contributed by atoms with Crippen LogP contribution in [-0.4, -0.2) is 65.9 Å². The van der Waals surface area contributed by atoms with Crippen molar-refractivity contribution in [1.29, 1.82) is 0 Å². The fourth-order valence-electron chi connectivity index (χ4n) is 4.09. The van der Waals surface area contributed by atoms with Crippen molar-refractivity contribution in [1.82, 2.24) is 15.2 Å². The summed E-state index contributed by atoms with van der Waals surface area (Å²) in [4.78, 5) is 19.1. The predicted molar refractivity (Wildman–Crippen MR) is 115 cm³/mol. The first-order valence-electron chi connectivity index (χ1n) is 10.7. The number of aliphatic hydroxyl groups is 1. The van der Waals surface area contributed by atoms with Crippen molar-refractivity contribution in [3.63, 3.8) is 0 Å². The second-order valence-electron chi connectivity index (χ2n) is 8.08. The number of hydrogen-bond donors (Lipinski definition) is 3. The highest BCUT2D eigenvalue weighted by Crippen LogP contribution is 2.18. The summed E-state index contributed by atoms with van der Waals surface area (Å²) >= 11 is 0. The lowest BCUT2D eigenvalue weighted by Crippen LogP contribution is -2.42. The van der Waals surface area contributed by atoms with E-state index in [1.165, 1.54) is 11.1 Å². The van der Waals surface area contributed by atoms with Crippen LogP contribution in [-0.2, 0) is 17.7 Å². The summed E-state index contributed by atoms with van der Waals surface area (Å²) in [5.74, 6) is 0.498. The molecule has 4 rings (SSSR count). The van der Waals surface area contributed by atoms with Crippen LogP contribution < -0.4 is 10.6 Å². The number of pyridine rings is 1. The minimum Gasteiger partial charge on any atom is -0.390 e. The van der Waals surface area contributed by atoms with Crippen molar-refractivity contribution in [2.24, 2.45) is 0 Å². The maximum absolute atomic E-state index is 12.5. The average molecular weight is 411 g/mol. The van der Waals surface area contributed by atoms with Crippen molar-refractivity contribution in [2.75, 3.05) is 38.2 Å². The molecule has 1 amide bonds. The summed E-state index contributed by atoms with van der Waals surface area (Å²) in [5.41, 5.74) is 3.25. The zero-order valence-electron chi connectivity index (χ0n) is 17.2. The third-order valence-corrected chi connectivity index (χ3v) is 5.77. The first-order valence-corrected chi connectivity index (χ1v) is 10.7. The molecule has 0 saturated carbocycles. The van der Waals surface area contributed by atoms with E-state index in [2.05, 4.69) is 44.8 Å². The topological polar surface area (TPSA) is 86.7 Å². The normalized spacial score (nSPS) is 18.4. The van der Waals surface area contributed by atoms with Gasteiger partial charge in [0, 0.05) is 57.2 Å². The highest BCUT2D eigenvalue weighted by molar-refractivity contribution is 5.94. The number of hydrogen-bond acceptors (Lipinski definition) is 6. The lowest BCUT2D eigenvalue weighted by molar-refractivity contribution is 0.0841. The Labute approximate surface area is 177 Å². The van der Waals surface area contributed by atoms with E-state index in [9.17, 15) is 9.90 Å². The highest BCUT2D eigenvalue weighted by atomic mass is 16.5. The molecule has 3 N–H and O–H groups in total. The largest absolute Gasteiger partial charge is 0.390 e. The molecule has 1 atom stereocenters. The predicted octanol–water partition coefficient (Wildman–Crippen LogP) is 1.82. The molecule has 2 aliphatic rings. The molecule has 0 radical (unpaired) electrons. The van der Waals surface area contributed by atoms with E-state index >= 15 is 0 Å².